The van der Waals surface area contributed by atoms with Gasteiger partial charge in [0.15, 0.2) is 0 Å². The Kier molecular flexibility index (Phi) is 5.52. The predicted octanol–water partition coefficient (Wildman–Crippen LogP) is 5.14. The summed E-state index contributed by atoms with van der Waals surface area (Å²) in [5.41, 5.74) is 0. The molecule has 0 heterocycles. The van der Waals surface area contributed by atoms with Gasteiger partial charge < -0.3 is 4.74 Å². The average Bonchev–Trinajstić information content (AvgIpc) is 2.33. The van der Waals surface area contributed by atoms with E-state index < -0.39 is 48.6 Å². The molecule has 0 aliphatic heterocycles. The number of hydrogen-bond acceptors (Lipinski definition) is 1. The van der Waals surface area contributed by atoms with Crippen LogP contribution in [0.5, 0.6) is 0 Å². The molecule has 15 heteroatoms. The van der Waals surface area contributed by atoms with Crippen molar-refractivity contribution in [1.29, 1.82) is 0 Å². The zero-order valence-electron chi connectivity index (χ0n) is 9.85. The molecule has 0 aliphatic rings. The minimum atomic E-state index is -7.03. The Morgan fingerprint density at radius 1 is 0.783 bits per heavy atom. The highest BCUT2D eigenvalue weighted by Gasteiger charge is 2.75. The Morgan fingerprint density at radius 2 is 1.17 bits per heavy atom. The van der Waals surface area contributed by atoms with E-state index in [0.717, 1.165) is 0 Å². The zero-order valence-corrected chi connectivity index (χ0v) is 9.85. The van der Waals surface area contributed by atoms with Crippen LogP contribution >= 0.6 is 0 Å². The Bertz CT molecular complexity index is 446. The highest BCUT2D eigenvalue weighted by molar-refractivity contribution is 5.09. The molecule has 23 heavy (non-hydrogen) atoms. The van der Waals surface area contributed by atoms with E-state index in [9.17, 15) is 61.5 Å². The van der Waals surface area contributed by atoms with Gasteiger partial charge in [0.1, 0.15) is 6.26 Å². The Morgan fingerprint density at radius 3 is 1.48 bits per heavy atom. The van der Waals surface area contributed by atoms with Crippen LogP contribution in [0.4, 0.5) is 61.5 Å². The quantitative estimate of drug-likeness (QED) is 0.458. The fraction of sp³-hybridized carbons (Fsp3) is 0.750. The summed E-state index contributed by atoms with van der Waals surface area (Å²) >= 11 is 0. The van der Waals surface area contributed by atoms with Gasteiger partial charge in [-0.05, 0) is 0 Å². The summed E-state index contributed by atoms with van der Waals surface area (Å²) in [5.74, 6) is -24.0. The van der Waals surface area contributed by atoms with E-state index in [-0.39, 0.29) is 0 Å². The predicted molar refractivity (Wildman–Crippen MR) is 42.1 cm³/mol. The third-order valence-electron chi connectivity index (χ3n) is 2.02. The first-order valence-electron chi connectivity index (χ1n) is 4.72. The summed E-state index contributed by atoms with van der Waals surface area (Å²) < 4.78 is 172. The van der Waals surface area contributed by atoms with Crippen LogP contribution in [0, 0.1) is 0 Å². The standard InChI is InChI=1S/C8H2F14O/c9-2(4(12,13)5(14,15)3(10)11)1-23-8(21,22)6(16,17)7(18,19)20/h1,3H/b2-1-. The smallest absolute Gasteiger partial charge is 0.433 e. The Hall–Kier alpha value is -1.44. The summed E-state index contributed by atoms with van der Waals surface area (Å²) in [7, 11) is 0. The van der Waals surface area contributed by atoms with Crippen molar-refractivity contribution in [3.05, 3.63) is 12.1 Å². The normalized spacial score (nSPS) is 16.0. The highest BCUT2D eigenvalue weighted by atomic mass is 19.4. The molecule has 0 saturated heterocycles. The van der Waals surface area contributed by atoms with Crippen LogP contribution in [0.2, 0.25) is 0 Å². The van der Waals surface area contributed by atoms with Crippen LogP contribution in [-0.2, 0) is 4.74 Å². The second-order valence-corrected chi connectivity index (χ2v) is 3.67. The average molecular weight is 380 g/mol. The lowest BCUT2D eigenvalue weighted by molar-refractivity contribution is -0.413. The minimum absolute atomic E-state index is 1.93. The number of hydrogen-bond donors (Lipinski definition) is 0. The van der Waals surface area contributed by atoms with Gasteiger partial charge in [0, 0.05) is 0 Å². The third kappa shape index (κ3) is 3.73. The fourth-order valence-corrected chi connectivity index (χ4v) is 0.735. The molecule has 0 amide bonds. The molecule has 0 N–H and O–H groups in total. The highest BCUT2D eigenvalue weighted by Crippen LogP contribution is 2.48. The maximum Gasteiger partial charge on any atom is 0.473 e. The molecule has 0 aliphatic carbocycles. The molecule has 0 aromatic heterocycles. The number of ether oxygens (including phenoxy) is 1. The SMILES string of the molecule is F/C(=C\OC(F)(F)C(F)(F)C(F)(F)F)C(F)(F)C(F)(F)C(F)F. The molecular weight excluding hydrogens is 378 g/mol. The summed E-state index contributed by atoms with van der Waals surface area (Å²) in [4.78, 5) is 0. The summed E-state index contributed by atoms with van der Waals surface area (Å²) in [6.07, 6.45) is -20.8. The van der Waals surface area contributed by atoms with E-state index in [1.807, 2.05) is 0 Å². The van der Waals surface area contributed by atoms with Crippen LogP contribution in [0.1, 0.15) is 0 Å². The number of allylic oxidation sites excluding steroid dienone is 1. The van der Waals surface area contributed by atoms with Crippen molar-refractivity contribution in [2.24, 2.45) is 0 Å². The van der Waals surface area contributed by atoms with Gasteiger partial charge in [-0.15, -0.1) is 0 Å². The van der Waals surface area contributed by atoms with Crippen LogP contribution < -0.4 is 0 Å². The molecular formula is C8H2F14O. The van der Waals surface area contributed by atoms with Crippen LogP contribution in [-0.4, -0.2) is 36.5 Å². The van der Waals surface area contributed by atoms with E-state index in [1.165, 1.54) is 0 Å². The number of alkyl halides is 13. The molecule has 0 unspecified atom stereocenters. The van der Waals surface area contributed by atoms with Gasteiger partial charge >= 0.3 is 36.5 Å². The monoisotopic (exact) mass is 380 g/mol. The van der Waals surface area contributed by atoms with E-state index in [0.29, 0.717) is 0 Å². The van der Waals surface area contributed by atoms with Crippen molar-refractivity contribution in [1.82, 2.24) is 0 Å². The van der Waals surface area contributed by atoms with Gasteiger partial charge in [-0.1, -0.05) is 0 Å². The first-order chi connectivity index (χ1) is 9.82. The van der Waals surface area contributed by atoms with Crippen molar-refractivity contribution in [3.63, 3.8) is 0 Å². The van der Waals surface area contributed by atoms with E-state index in [4.69, 9.17) is 0 Å². The molecule has 0 bridgehead atoms. The molecule has 0 spiro atoms. The summed E-state index contributed by atoms with van der Waals surface area (Å²) in [5, 5.41) is 0. The third-order valence-corrected chi connectivity index (χ3v) is 2.02. The Balaban J connectivity index is 5.53. The van der Waals surface area contributed by atoms with Crippen molar-refractivity contribution >= 4 is 0 Å². The molecule has 0 fully saturated rings. The zero-order chi connectivity index (χ0) is 19.1. The molecule has 0 aromatic rings. The van der Waals surface area contributed by atoms with E-state index in [1.54, 1.807) is 0 Å². The molecule has 1 nitrogen and oxygen atoms in total. The largest absolute Gasteiger partial charge is 0.473 e. The Labute approximate surface area is 116 Å². The molecule has 0 radical (unpaired) electrons. The van der Waals surface area contributed by atoms with Gasteiger partial charge in [0.2, 0.25) is 5.83 Å². The van der Waals surface area contributed by atoms with Crippen molar-refractivity contribution in [2.75, 3.05) is 0 Å². The van der Waals surface area contributed by atoms with Crippen LogP contribution in [0.3, 0.4) is 0 Å². The molecule has 0 rings (SSSR count). The van der Waals surface area contributed by atoms with Crippen LogP contribution in [0.25, 0.3) is 0 Å². The first-order valence-corrected chi connectivity index (χ1v) is 4.72. The maximum absolute atomic E-state index is 12.6. The van der Waals surface area contributed by atoms with Gasteiger partial charge in [0.05, 0.1) is 0 Å². The summed E-state index contributed by atoms with van der Waals surface area (Å²) in [6, 6.07) is 0. The van der Waals surface area contributed by atoms with Gasteiger partial charge in [-0.3, -0.25) is 0 Å². The second kappa shape index (κ2) is 5.89. The molecule has 0 saturated carbocycles. The van der Waals surface area contributed by atoms with Gasteiger partial charge in [0.25, 0.3) is 0 Å². The first kappa shape index (κ1) is 21.6. The van der Waals surface area contributed by atoms with E-state index >= 15 is 0 Å². The number of halogens is 14. The topological polar surface area (TPSA) is 9.23 Å². The van der Waals surface area contributed by atoms with Crippen LogP contribution in [0.15, 0.2) is 12.1 Å². The second-order valence-electron chi connectivity index (χ2n) is 3.67. The molecule has 0 atom stereocenters. The van der Waals surface area contributed by atoms with E-state index in [2.05, 4.69) is 4.74 Å². The lowest BCUT2D eigenvalue weighted by atomic mass is 10.1. The lowest BCUT2D eigenvalue weighted by Crippen LogP contribution is -2.53. The minimum Gasteiger partial charge on any atom is -0.433 e. The fourth-order valence-electron chi connectivity index (χ4n) is 0.735. The lowest BCUT2D eigenvalue weighted by Gasteiger charge is -2.27. The molecule has 138 valence electrons. The van der Waals surface area contributed by atoms with Crippen molar-refractivity contribution in [2.45, 2.75) is 36.5 Å². The van der Waals surface area contributed by atoms with Gasteiger partial charge in [-0.25, -0.2) is 13.2 Å². The van der Waals surface area contributed by atoms with Crippen molar-refractivity contribution in [3.8, 4) is 0 Å². The maximum atomic E-state index is 12.6. The van der Waals surface area contributed by atoms with Gasteiger partial charge in [-0.2, -0.15) is 48.3 Å². The van der Waals surface area contributed by atoms with Crippen molar-refractivity contribution < 1.29 is 66.2 Å². The summed E-state index contributed by atoms with van der Waals surface area (Å²) in [6.45, 7) is 0. The molecule has 0 aromatic carbocycles. The number of rotatable bonds is 6.